The molecule has 0 saturated carbocycles. The van der Waals surface area contributed by atoms with Crippen molar-refractivity contribution in [2.45, 2.75) is 39.7 Å². The van der Waals surface area contributed by atoms with Crippen LogP contribution in [-0.2, 0) is 19.4 Å². The van der Waals surface area contributed by atoms with Crippen molar-refractivity contribution < 1.29 is 0 Å². The Morgan fingerprint density at radius 3 is 2.55 bits per heavy atom. The summed E-state index contributed by atoms with van der Waals surface area (Å²) in [5.41, 5.74) is 7.52. The van der Waals surface area contributed by atoms with Gasteiger partial charge in [0.1, 0.15) is 5.82 Å². The minimum Gasteiger partial charge on any atom is -0.366 e. The zero-order valence-corrected chi connectivity index (χ0v) is 18.8. The van der Waals surface area contributed by atoms with Gasteiger partial charge in [0.15, 0.2) is 5.65 Å². The summed E-state index contributed by atoms with van der Waals surface area (Å²) in [6.07, 6.45) is 4.88. The van der Waals surface area contributed by atoms with Crippen molar-refractivity contribution in [3.05, 3.63) is 77.6 Å². The summed E-state index contributed by atoms with van der Waals surface area (Å²) in [6, 6.07) is 18.7. The molecule has 0 bridgehead atoms. The third-order valence-electron chi connectivity index (χ3n) is 5.73. The van der Waals surface area contributed by atoms with Crippen LogP contribution in [0.1, 0.15) is 37.1 Å². The van der Waals surface area contributed by atoms with Crippen LogP contribution in [0.5, 0.6) is 0 Å². The molecule has 2 N–H and O–H groups in total. The number of aromatic amines is 1. The number of fused-ring (bicyclic) bond motifs is 1. The average Bonchev–Trinajstić information content (AvgIpc) is 3.54. The van der Waals surface area contributed by atoms with Gasteiger partial charge in [-0.3, -0.25) is 0 Å². The number of tetrazole rings is 1. The number of aromatic nitrogens is 7. The first-order valence-electron chi connectivity index (χ1n) is 11.3. The molecule has 0 aliphatic heterocycles. The van der Waals surface area contributed by atoms with E-state index >= 15 is 0 Å². The Hall–Kier alpha value is -4.07. The van der Waals surface area contributed by atoms with E-state index in [0.717, 1.165) is 53.1 Å². The molecule has 0 atom stereocenters. The van der Waals surface area contributed by atoms with Gasteiger partial charge in [-0.25, -0.2) is 4.98 Å². The van der Waals surface area contributed by atoms with Crippen LogP contribution in [0.15, 0.2) is 60.8 Å². The first kappa shape index (κ1) is 20.8. The third kappa shape index (κ3) is 4.19. The Morgan fingerprint density at radius 2 is 1.82 bits per heavy atom. The number of anilines is 1. The molecule has 0 aliphatic rings. The van der Waals surface area contributed by atoms with E-state index in [1.54, 1.807) is 0 Å². The van der Waals surface area contributed by atoms with Gasteiger partial charge in [0.25, 0.3) is 0 Å². The van der Waals surface area contributed by atoms with Crippen LogP contribution in [0.3, 0.4) is 0 Å². The fourth-order valence-corrected chi connectivity index (χ4v) is 4.01. The topological polar surface area (TPSA) is 96.7 Å². The van der Waals surface area contributed by atoms with Crippen LogP contribution in [0, 0.1) is 0 Å². The van der Waals surface area contributed by atoms with Crippen LogP contribution >= 0.6 is 0 Å². The second-order valence-corrected chi connectivity index (χ2v) is 7.97. The molecule has 33 heavy (non-hydrogen) atoms. The van der Waals surface area contributed by atoms with Gasteiger partial charge in [-0.15, -0.1) is 10.2 Å². The van der Waals surface area contributed by atoms with E-state index in [-0.39, 0.29) is 0 Å². The van der Waals surface area contributed by atoms with Crippen LogP contribution in [0.2, 0.25) is 0 Å². The SMILES string of the molecule is CCCc1cnn2c(NCc3ccc(-c4ccccc4-c4nn[nH]n4)cc3)cc(CC)nc12. The molecule has 8 heteroatoms. The lowest BCUT2D eigenvalue weighted by Crippen LogP contribution is -2.07. The molecule has 0 aliphatic carbocycles. The molecule has 3 aromatic heterocycles. The van der Waals surface area contributed by atoms with E-state index in [2.05, 4.69) is 81.3 Å². The molecule has 0 radical (unpaired) electrons. The standard InChI is InChI=1S/C25H26N8/c1-3-7-19-16-27-33-23(14-20(4-2)28-25(19)33)26-15-17-10-12-18(13-11-17)21-8-5-6-9-22(21)24-29-31-32-30-24/h5-6,8-14,16,26H,3-4,7,15H2,1-2H3,(H,29,30,31,32). The fraction of sp³-hybridized carbons (Fsp3) is 0.240. The Bertz CT molecular complexity index is 1350. The summed E-state index contributed by atoms with van der Waals surface area (Å²) >= 11 is 0. The zero-order valence-electron chi connectivity index (χ0n) is 18.8. The minimum absolute atomic E-state index is 0.589. The largest absolute Gasteiger partial charge is 0.366 e. The fourth-order valence-electron chi connectivity index (χ4n) is 4.01. The lowest BCUT2D eigenvalue weighted by atomic mass is 9.98. The summed E-state index contributed by atoms with van der Waals surface area (Å²) in [6.45, 7) is 5.00. The van der Waals surface area contributed by atoms with Crippen molar-refractivity contribution in [3.63, 3.8) is 0 Å². The number of benzene rings is 2. The van der Waals surface area contributed by atoms with Crippen LogP contribution in [-0.4, -0.2) is 35.2 Å². The minimum atomic E-state index is 0.589. The van der Waals surface area contributed by atoms with Crippen LogP contribution in [0.25, 0.3) is 28.2 Å². The first-order valence-corrected chi connectivity index (χ1v) is 11.3. The van der Waals surface area contributed by atoms with Crippen molar-refractivity contribution in [1.82, 2.24) is 35.2 Å². The molecule has 3 heterocycles. The monoisotopic (exact) mass is 438 g/mol. The number of H-pyrrole nitrogens is 1. The Kier molecular flexibility index (Phi) is 5.80. The molecular weight excluding hydrogens is 412 g/mol. The van der Waals surface area contributed by atoms with Gasteiger partial charge in [0.05, 0.1) is 6.20 Å². The van der Waals surface area contributed by atoms with E-state index in [4.69, 9.17) is 4.98 Å². The quantitative estimate of drug-likeness (QED) is 0.364. The third-order valence-corrected chi connectivity index (χ3v) is 5.73. The second-order valence-electron chi connectivity index (χ2n) is 7.97. The molecule has 8 nitrogen and oxygen atoms in total. The van der Waals surface area contributed by atoms with Crippen molar-refractivity contribution in [2.75, 3.05) is 5.32 Å². The molecule has 5 rings (SSSR count). The second kappa shape index (κ2) is 9.20. The van der Waals surface area contributed by atoms with Gasteiger partial charge < -0.3 is 5.32 Å². The molecule has 0 spiro atoms. The van der Waals surface area contributed by atoms with Gasteiger partial charge in [0, 0.05) is 29.4 Å². The van der Waals surface area contributed by atoms with Crippen molar-refractivity contribution in [3.8, 4) is 22.5 Å². The van der Waals surface area contributed by atoms with E-state index in [1.807, 2.05) is 28.9 Å². The molecule has 0 unspecified atom stereocenters. The highest BCUT2D eigenvalue weighted by Crippen LogP contribution is 2.30. The summed E-state index contributed by atoms with van der Waals surface area (Å²) in [7, 11) is 0. The maximum atomic E-state index is 4.81. The van der Waals surface area contributed by atoms with Gasteiger partial charge >= 0.3 is 0 Å². The highest BCUT2D eigenvalue weighted by Gasteiger charge is 2.12. The van der Waals surface area contributed by atoms with Gasteiger partial charge in [-0.2, -0.15) is 14.8 Å². The smallest absolute Gasteiger partial charge is 0.205 e. The Morgan fingerprint density at radius 1 is 1.00 bits per heavy atom. The normalized spacial score (nSPS) is 11.2. The van der Waals surface area contributed by atoms with Gasteiger partial charge in [-0.05, 0) is 34.7 Å². The lowest BCUT2D eigenvalue weighted by Gasteiger charge is -2.12. The lowest BCUT2D eigenvalue weighted by molar-refractivity contribution is 0.881. The molecule has 166 valence electrons. The molecule has 2 aromatic carbocycles. The van der Waals surface area contributed by atoms with Gasteiger partial charge in [0.2, 0.25) is 5.82 Å². The van der Waals surface area contributed by atoms with Crippen molar-refractivity contribution in [2.24, 2.45) is 0 Å². The summed E-state index contributed by atoms with van der Waals surface area (Å²) in [5.74, 6) is 1.55. The van der Waals surface area contributed by atoms with E-state index in [1.165, 1.54) is 11.1 Å². The Labute approximate surface area is 192 Å². The zero-order chi connectivity index (χ0) is 22.6. The van der Waals surface area contributed by atoms with Crippen molar-refractivity contribution >= 4 is 11.5 Å². The maximum absolute atomic E-state index is 4.81. The number of nitrogens with zero attached hydrogens (tertiary/aromatic N) is 6. The summed E-state index contributed by atoms with van der Waals surface area (Å²) < 4.78 is 1.92. The molecular formula is C25H26N8. The number of nitrogens with one attached hydrogen (secondary N) is 2. The van der Waals surface area contributed by atoms with E-state index < -0.39 is 0 Å². The number of hydrogen-bond donors (Lipinski definition) is 2. The predicted octanol–water partition coefficient (Wildman–Crippen LogP) is 4.70. The molecule has 5 aromatic rings. The highest BCUT2D eigenvalue weighted by molar-refractivity contribution is 5.80. The molecule has 0 fully saturated rings. The predicted molar refractivity (Wildman–Crippen MR) is 129 cm³/mol. The first-order chi connectivity index (χ1) is 16.3. The van der Waals surface area contributed by atoms with Crippen LogP contribution in [0.4, 0.5) is 5.82 Å². The highest BCUT2D eigenvalue weighted by atomic mass is 15.5. The number of aryl methyl sites for hydroxylation is 2. The molecule has 0 amide bonds. The number of rotatable bonds is 8. The average molecular weight is 439 g/mol. The maximum Gasteiger partial charge on any atom is 0.205 e. The van der Waals surface area contributed by atoms with Gasteiger partial charge in [-0.1, -0.05) is 68.8 Å². The van der Waals surface area contributed by atoms with Crippen molar-refractivity contribution in [1.29, 1.82) is 0 Å². The van der Waals surface area contributed by atoms with E-state index in [9.17, 15) is 0 Å². The summed E-state index contributed by atoms with van der Waals surface area (Å²) in [5, 5.41) is 22.6. The number of hydrogen-bond acceptors (Lipinski definition) is 6. The van der Waals surface area contributed by atoms with Crippen LogP contribution < -0.4 is 5.32 Å². The molecule has 0 saturated heterocycles. The summed E-state index contributed by atoms with van der Waals surface area (Å²) in [4.78, 5) is 4.81. The Balaban J connectivity index is 1.38. The van der Waals surface area contributed by atoms with E-state index in [0.29, 0.717) is 12.4 Å².